The zero-order chi connectivity index (χ0) is 18.2. The van der Waals surface area contributed by atoms with Crippen molar-refractivity contribution in [2.75, 3.05) is 26.2 Å². The van der Waals surface area contributed by atoms with Crippen LogP contribution in [0.4, 0.5) is 0 Å². The number of hydrogen-bond donors (Lipinski definition) is 0. The highest BCUT2D eigenvalue weighted by molar-refractivity contribution is 5.79. The summed E-state index contributed by atoms with van der Waals surface area (Å²) < 4.78 is 0. The summed E-state index contributed by atoms with van der Waals surface area (Å²) in [7, 11) is 0. The molecule has 0 aromatic heterocycles. The van der Waals surface area contributed by atoms with Crippen LogP contribution in [0.3, 0.4) is 0 Å². The van der Waals surface area contributed by atoms with E-state index in [1.165, 1.54) is 11.1 Å². The zero-order valence-electron chi connectivity index (χ0n) is 16.0. The highest BCUT2D eigenvalue weighted by Gasteiger charge is 2.25. The van der Waals surface area contributed by atoms with Crippen molar-refractivity contribution in [2.24, 2.45) is 5.92 Å². The first-order valence-corrected chi connectivity index (χ1v) is 9.67. The van der Waals surface area contributed by atoms with Gasteiger partial charge >= 0.3 is 0 Å². The largest absolute Gasteiger partial charge is 0.341 e. The van der Waals surface area contributed by atoms with Crippen LogP contribution >= 0.6 is 0 Å². The molecule has 1 aliphatic heterocycles. The summed E-state index contributed by atoms with van der Waals surface area (Å²) in [5.74, 6) is 0.597. The lowest BCUT2D eigenvalue weighted by atomic mass is 10.0. The maximum absolute atomic E-state index is 12.6. The van der Waals surface area contributed by atoms with Gasteiger partial charge in [-0.3, -0.25) is 9.59 Å². The van der Waals surface area contributed by atoms with Crippen LogP contribution in [0.5, 0.6) is 0 Å². The van der Waals surface area contributed by atoms with Gasteiger partial charge in [0, 0.05) is 38.5 Å². The van der Waals surface area contributed by atoms with Crippen molar-refractivity contribution in [1.29, 1.82) is 0 Å². The number of benzene rings is 1. The predicted molar refractivity (Wildman–Crippen MR) is 101 cm³/mol. The second-order valence-electron chi connectivity index (χ2n) is 7.06. The molecule has 1 aromatic carbocycles. The molecule has 0 atom stereocenters. The molecule has 1 saturated heterocycles. The van der Waals surface area contributed by atoms with E-state index in [0.29, 0.717) is 19.5 Å². The lowest BCUT2D eigenvalue weighted by Crippen LogP contribution is -2.39. The molecule has 4 heteroatoms. The third kappa shape index (κ3) is 5.58. The van der Waals surface area contributed by atoms with Gasteiger partial charge in [-0.2, -0.15) is 0 Å². The lowest BCUT2D eigenvalue weighted by Gasteiger charge is -2.25. The molecule has 0 unspecified atom stereocenters. The van der Waals surface area contributed by atoms with Gasteiger partial charge in [-0.1, -0.05) is 43.7 Å². The maximum Gasteiger partial charge on any atom is 0.225 e. The number of amides is 2. The van der Waals surface area contributed by atoms with Gasteiger partial charge in [0.1, 0.15) is 0 Å². The Labute approximate surface area is 152 Å². The van der Waals surface area contributed by atoms with Gasteiger partial charge in [0.05, 0.1) is 0 Å². The van der Waals surface area contributed by atoms with Gasteiger partial charge in [-0.05, 0) is 38.2 Å². The van der Waals surface area contributed by atoms with Crippen LogP contribution in [0.25, 0.3) is 0 Å². The predicted octanol–water partition coefficient (Wildman–Crippen LogP) is 3.42. The minimum atomic E-state index is 0.129. The van der Waals surface area contributed by atoms with Gasteiger partial charge in [-0.25, -0.2) is 0 Å². The van der Waals surface area contributed by atoms with Gasteiger partial charge in [-0.15, -0.1) is 0 Å². The summed E-state index contributed by atoms with van der Waals surface area (Å²) in [6.07, 6.45) is 3.99. The normalized spacial score (nSPS) is 15.4. The number of hydrogen-bond acceptors (Lipinski definition) is 2. The van der Waals surface area contributed by atoms with Crippen LogP contribution in [0, 0.1) is 12.8 Å². The molecule has 4 nitrogen and oxygen atoms in total. The van der Waals surface area contributed by atoms with E-state index in [4.69, 9.17) is 0 Å². The molecule has 25 heavy (non-hydrogen) atoms. The number of nitrogens with zero attached hydrogens (tertiary/aromatic N) is 2. The van der Waals surface area contributed by atoms with Gasteiger partial charge in [0.2, 0.25) is 11.8 Å². The van der Waals surface area contributed by atoms with Gasteiger partial charge in [0.15, 0.2) is 0 Å². The third-order valence-electron chi connectivity index (χ3n) is 5.24. The first kappa shape index (κ1) is 19.5. The number of carbonyl (C=O) groups excluding carboxylic acids is 2. The minimum Gasteiger partial charge on any atom is -0.341 e. The summed E-state index contributed by atoms with van der Waals surface area (Å²) in [4.78, 5) is 29.0. The molecule has 0 saturated carbocycles. The highest BCUT2D eigenvalue weighted by Crippen LogP contribution is 2.15. The van der Waals surface area contributed by atoms with Crippen LogP contribution in [-0.2, 0) is 16.0 Å². The topological polar surface area (TPSA) is 40.6 Å². The number of rotatable bonds is 6. The molecular formula is C21H32N2O2. The Balaban J connectivity index is 1.84. The van der Waals surface area contributed by atoms with E-state index in [1.807, 2.05) is 9.80 Å². The van der Waals surface area contributed by atoms with E-state index >= 15 is 0 Å². The molecule has 2 amide bonds. The van der Waals surface area contributed by atoms with E-state index in [-0.39, 0.29) is 17.7 Å². The van der Waals surface area contributed by atoms with Crippen molar-refractivity contribution < 1.29 is 9.59 Å². The van der Waals surface area contributed by atoms with Crippen molar-refractivity contribution >= 4 is 11.8 Å². The van der Waals surface area contributed by atoms with E-state index in [0.717, 1.165) is 38.8 Å². The number of carbonyl (C=O) groups is 2. The van der Waals surface area contributed by atoms with E-state index in [1.54, 1.807) is 0 Å². The molecule has 0 N–H and O–H groups in total. The molecule has 1 heterocycles. The Bertz CT molecular complexity index is 564. The van der Waals surface area contributed by atoms with E-state index < -0.39 is 0 Å². The second-order valence-corrected chi connectivity index (χ2v) is 7.06. The molecule has 0 aliphatic carbocycles. The Morgan fingerprint density at radius 1 is 0.960 bits per heavy atom. The standard InChI is InChI=1S/C21H32N2O2/c1-4-19(5-2)21(25)23-14-6-13-22(15-16-23)20(24)12-11-18-9-7-17(3)8-10-18/h7-10,19H,4-6,11-16H2,1-3H3. The van der Waals surface area contributed by atoms with Crippen molar-refractivity contribution in [1.82, 2.24) is 9.80 Å². The monoisotopic (exact) mass is 344 g/mol. The molecule has 1 aliphatic rings. The Morgan fingerprint density at radius 2 is 1.56 bits per heavy atom. The quantitative estimate of drug-likeness (QED) is 0.793. The third-order valence-corrected chi connectivity index (χ3v) is 5.24. The Hall–Kier alpha value is -1.84. The average Bonchev–Trinajstić information content (AvgIpc) is 2.88. The summed E-state index contributed by atoms with van der Waals surface area (Å²) in [6.45, 7) is 9.09. The molecule has 138 valence electrons. The van der Waals surface area contributed by atoms with Crippen LogP contribution in [0.2, 0.25) is 0 Å². The van der Waals surface area contributed by atoms with Crippen molar-refractivity contribution in [3.8, 4) is 0 Å². The molecule has 0 spiro atoms. The van der Waals surface area contributed by atoms with Crippen LogP contribution in [-0.4, -0.2) is 47.8 Å². The summed E-state index contributed by atoms with van der Waals surface area (Å²) in [5.41, 5.74) is 2.45. The second kappa shape index (κ2) is 9.59. The molecule has 1 aromatic rings. The summed E-state index contributed by atoms with van der Waals surface area (Å²) in [5, 5.41) is 0. The SMILES string of the molecule is CCC(CC)C(=O)N1CCCN(C(=O)CCc2ccc(C)cc2)CC1. The average molecular weight is 344 g/mol. The van der Waals surface area contributed by atoms with Crippen LogP contribution < -0.4 is 0 Å². The van der Waals surface area contributed by atoms with Crippen molar-refractivity contribution in [2.45, 2.75) is 52.9 Å². The smallest absolute Gasteiger partial charge is 0.225 e. The van der Waals surface area contributed by atoms with Crippen LogP contribution in [0.1, 0.15) is 50.7 Å². The minimum absolute atomic E-state index is 0.129. The zero-order valence-corrected chi connectivity index (χ0v) is 16.0. The van der Waals surface area contributed by atoms with Crippen molar-refractivity contribution in [3.63, 3.8) is 0 Å². The summed E-state index contributed by atoms with van der Waals surface area (Å²) >= 11 is 0. The van der Waals surface area contributed by atoms with Gasteiger partial charge in [0.25, 0.3) is 0 Å². The Morgan fingerprint density at radius 3 is 2.20 bits per heavy atom. The molecule has 1 fully saturated rings. The fourth-order valence-electron chi connectivity index (χ4n) is 3.45. The molecule has 0 bridgehead atoms. The first-order chi connectivity index (χ1) is 12.0. The number of aryl methyl sites for hydroxylation is 2. The highest BCUT2D eigenvalue weighted by atomic mass is 16.2. The first-order valence-electron chi connectivity index (χ1n) is 9.67. The summed E-state index contributed by atoms with van der Waals surface area (Å²) in [6, 6.07) is 8.38. The molecular weight excluding hydrogens is 312 g/mol. The molecule has 0 radical (unpaired) electrons. The van der Waals surface area contributed by atoms with E-state index in [9.17, 15) is 9.59 Å². The lowest BCUT2D eigenvalue weighted by molar-refractivity contribution is -0.136. The Kier molecular flexibility index (Phi) is 7.48. The fraction of sp³-hybridized carbons (Fsp3) is 0.619. The van der Waals surface area contributed by atoms with E-state index in [2.05, 4.69) is 45.0 Å². The van der Waals surface area contributed by atoms with Crippen molar-refractivity contribution in [3.05, 3.63) is 35.4 Å². The van der Waals surface area contributed by atoms with Crippen LogP contribution in [0.15, 0.2) is 24.3 Å². The van der Waals surface area contributed by atoms with Gasteiger partial charge < -0.3 is 9.80 Å². The maximum atomic E-state index is 12.6. The fourth-order valence-corrected chi connectivity index (χ4v) is 3.45. The molecule has 2 rings (SSSR count).